The molecule has 1 aliphatic carbocycles. The summed E-state index contributed by atoms with van der Waals surface area (Å²) in [6.07, 6.45) is 2.05. The van der Waals surface area contributed by atoms with E-state index in [1.807, 2.05) is 34.5 Å². The lowest BCUT2D eigenvalue weighted by atomic mass is 10.2. The van der Waals surface area contributed by atoms with E-state index in [1.54, 1.807) is 18.4 Å². The van der Waals surface area contributed by atoms with Crippen molar-refractivity contribution >= 4 is 17.2 Å². The quantitative estimate of drug-likeness (QED) is 0.717. The topological polar surface area (TPSA) is 51.7 Å². The third kappa shape index (κ3) is 4.51. The lowest BCUT2D eigenvalue weighted by Crippen LogP contribution is -2.37. The maximum atomic E-state index is 12.4. The maximum Gasteiger partial charge on any atom is 0.226 e. The first-order valence-electron chi connectivity index (χ1n) is 8.58. The van der Waals surface area contributed by atoms with Crippen LogP contribution < -0.4 is 9.47 Å². The van der Waals surface area contributed by atoms with Crippen LogP contribution in [0.5, 0.6) is 11.5 Å². The summed E-state index contributed by atoms with van der Waals surface area (Å²) in [6.45, 7) is 5.07. The van der Waals surface area contributed by atoms with Gasteiger partial charge in [0.25, 0.3) is 0 Å². The number of hydrogen-bond acceptors (Lipinski definition) is 5. The number of carbonyl (C=O) groups is 1. The average molecular weight is 360 g/mol. The van der Waals surface area contributed by atoms with Crippen molar-refractivity contribution in [1.29, 1.82) is 0 Å². The molecule has 0 radical (unpaired) electrons. The van der Waals surface area contributed by atoms with Gasteiger partial charge in [0.2, 0.25) is 5.91 Å². The second-order valence-electron chi connectivity index (χ2n) is 6.51. The van der Waals surface area contributed by atoms with E-state index in [9.17, 15) is 4.79 Å². The van der Waals surface area contributed by atoms with Crippen LogP contribution in [0.1, 0.15) is 37.4 Å². The smallest absolute Gasteiger partial charge is 0.226 e. The Balaban J connectivity index is 1.60. The molecule has 0 saturated heterocycles. The lowest BCUT2D eigenvalue weighted by molar-refractivity contribution is -0.135. The third-order valence-electron chi connectivity index (χ3n) is 4.18. The molecule has 0 bridgehead atoms. The monoisotopic (exact) mass is 360 g/mol. The van der Waals surface area contributed by atoms with E-state index in [1.165, 1.54) is 0 Å². The standard InChI is InChI=1S/C19H24N2O3S/c1-13(2)21(19(22)14-8-9-14)10-15-12-25-18(20-15)11-24-17-7-5-4-6-16(17)23-3/h4-7,12-14H,8-11H2,1-3H3. The second-order valence-corrected chi connectivity index (χ2v) is 7.45. The lowest BCUT2D eigenvalue weighted by Gasteiger charge is -2.26. The molecule has 0 atom stereocenters. The molecule has 1 heterocycles. The van der Waals surface area contributed by atoms with Gasteiger partial charge < -0.3 is 14.4 Å². The van der Waals surface area contributed by atoms with Crippen LogP contribution in [-0.2, 0) is 17.9 Å². The van der Waals surface area contributed by atoms with Gasteiger partial charge in [-0.15, -0.1) is 11.3 Å². The summed E-state index contributed by atoms with van der Waals surface area (Å²) in [5.74, 6) is 1.90. The van der Waals surface area contributed by atoms with Gasteiger partial charge in [0.1, 0.15) is 11.6 Å². The van der Waals surface area contributed by atoms with Gasteiger partial charge in [-0.1, -0.05) is 12.1 Å². The predicted octanol–water partition coefficient (Wildman–Crippen LogP) is 3.88. The molecule has 0 unspecified atom stereocenters. The van der Waals surface area contributed by atoms with E-state index < -0.39 is 0 Å². The summed E-state index contributed by atoms with van der Waals surface area (Å²) in [5.41, 5.74) is 0.923. The zero-order chi connectivity index (χ0) is 17.8. The Morgan fingerprint density at radius 1 is 1.32 bits per heavy atom. The molecule has 134 valence electrons. The molecule has 1 saturated carbocycles. The molecule has 25 heavy (non-hydrogen) atoms. The summed E-state index contributed by atoms with van der Waals surface area (Å²) >= 11 is 1.56. The Kier molecular flexibility index (Phi) is 5.58. The van der Waals surface area contributed by atoms with Gasteiger partial charge >= 0.3 is 0 Å². The number of ether oxygens (including phenoxy) is 2. The Morgan fingerprint density at radius 3 is 2.68 bits per heavy atom. The summed E-state index contributed by atoms with van der Waals surface area (Å²) in [5, 5.41) is 2.90. The second kappa shape index (κ2) is 7.87. The van der Waals surface area contributed by atoms with Crippen molar-refractivity contribution in [3.63, 3.8) is 0 Å². The highest BCUT2D eigenvalue weighted by Crippen LogP contribution is 2.32. The fourth-order valence-corrected chi connectivity index (χ4v) is 3.32. The van der Waals surface area contributed by atoms with Crippen molar-refractivity contribution in [2.45, 2.75) is 45.9 Å². The van der Waals surface area contributed by atoms with Gasteiger partial charge in [-0.25, -0.2) is 4.98 Å². The molecular weight excluding hydrogens is 336 g/mol. The van der Waals surface area contributed by atoms with Gasteiger partial charge in [-0.3, -0.25) is 4.79 Å². The van der Waals surface area contributed by atoms with Crippen LogP contribution in [0, 0.1) is 5.92 Å². The summed E-state index contributed by atoms with van der Waals surface area (Å²) in [7, 11) is 1.63. The number of carbonyl (C=O) groups excluding carboxylic acids is 1. The number of aromatic nitrogens is 1. The van der Waals surface area contributed by atoms with Crippen LogP contribution in [0.15, 0.2) is 29.6 Å². The van der Waals surface area contributed by atoms with E-state index >= 15 is 0 Å². The SMILES string of the molecule is COc1ccccc1OCc1nc(CN(C(=O)C2CC2)C(C)C)cs1. The average Bonchev–Trinajstić information content (AvgIpc) is 3.37. The fraction of sp³-hybridized carbons (Fsp3) is 0.474. The number of amides is 1. The van der Waals surface area contributed by atoms with E-state index in [4.69, 9.17) is 9.47 Å². The van der Waals surface area contributed by atoms with Crippen molar-refractivity contribution in [2.75, 3.05) is 7.11 Å². The Hall–Kier alpha value is -2.08. The maximum absolute atomic E-state index is 12.4. The molecule has 1 aromatic carbocycles. The van der Waals surface area contributed by atoms with Gasteiger partial charge in [0.05, 0.1) is 19.3 Å². The van der Waals surface area contributed by atoms with E-state index in [-0.39, 0.29) is 17.9 Å². The first kappa shape index (κ1) is 17.7. The first-order valence-corrected chi connectivity index (χ1v) is 9.46. The molecule has 0 spiro atoms. The van der Waals surface area contributed by atoms with Crippen molar-refractivity contribution in [3.8, 4) is 11.5 Å². The number of nitrogens with zero attached hydrogens (tertiary/aromatic N) is 2. The van der Waals surface area contributed by atoms with E-state index in [0.29, 0.717) is 24.7 Å². The van der Waals surface area contributed by atoms with Crippen LogP contribution in [0.3, 0.4) is 0 Å². The van der Waals surface area contributed by atoms with Crippen molar-refractivity contribution in [3.05, 3.63) is 40.3 Å². The van der Waals surface area contributed by atoms with E-state index in [2.05, 4.69) is 18.8 Å². The fourth-order valence-electron chi connectivity index (χ4n) is 2.62. The zero-order valence-electron chi connectivity index (χ0n) is 14.9. The zero-order valence-corrected chi connectivity index (χ0v) is 15.7. The van der Waals surface area contributed by atoms with Crippen LogP contribution >= 0.6 is 11.3 Å². The molecule has 0 aliphatic heterocycles. The predicted molar refractivity (Wildman–Crippen MR) is 97.9 cm³/mol. The highest BCUT2D eigenvalue weighted by Gasteiger charge is 2.34. The Bertz CT molecular complexity index is 725. The Morgan fingerprint density at radius 2 is 2.04 bits per heavy atom. The van der Waals surface area contributed by atoms with Gasteiger partial charge in [-0.05, 0) is 38.8 Å². The van der Waals surface area contributed by atoms with Gasteiger partial charge in [0.15, 0.2) is 11.5 Å². The molecule has 5 nitrogen and oxygen atoms in total. The highest BCUT2D eigenvalue weighted by molar-refractivity contribution is 7.09. The molecule has 1 aromatic heterocycles. The van der Waals surface area contributed by atoms with Crippen LogP contribution in [0.2, 0.25) is 0 Å². The molecular formula is C19H24N2O3S. The van der Waals surface area contributed by atoms with Gasteiger partial charge in [0, 0.05) is 17.3 Å². The summed E-state index contributed by atoms with van der Waals surface area (Å²) in [6, 6.07) is 7.75. The largest absolute Gasteiger partial charge is 0.493 e. The molecule has 0 N–H and O–H groups in total. The molecule has 1 fully saturated rings. The molecule has 3 rings (SSSR count). The number of methoxy groups -OCH3 is 1. The van der Waals surface area contributed by atoms with Crippen molar-refractivity contribution in [2.24, 2.45) is 5.92 Å². The minimum atomic E-state index is 0.183. The molecule has 1 amide bonds. The number of thiazole rings is 1. The minimum absolute atomic E-state index is 0.183. The number of rotatable bonds is 8. The first-order chi connectivity index (χ1) is 12.1. The minimum Gasteiger partial charge on any atom is -0.493 e. The highest BCUT2D eigenvalue weighted by atomic mass is 32.1. The van der Waals surface area contributed by atoms with Gasteiger partial charge in [-0.2, -0.15) is 0 Å². The number of hydrogen-bond donors (Lipinski definition) is 0. The number of benzene rings is 1. The third-order valence-corrected chi connectivity index (χ3v) is 5.06. The number of para-hydroxylation sites is 2. The Labute approximate surface area is 152 Å². The van der Waals surface area contributed by atoms with Crippen LogP contribution in [-0.4, -0.2) is 28.9 Å². The van der Waals surface area contributed by atoms with Crippen molar-refractivity contribution in [1.82, 2.24) is 9.88 Å². The summed E-state index contributed by atoms with van der Waals surface area (Å²) in [4.78, 5) is 19.0. The van der Waals surface area contributed by atoms with Crippen LogP contribution in [0.25, 0.3) is 0 Å². The van der Waals surface area contributed by atoms with E-state index in [0.717, 1.165) is 23.5 Å². The molecule has 6 heteroatoms. The van der Waals surface area contributed by atoms with Crippen molar-refractivity contribution < 1.29 is 14.3 Å². The summed E-state index contributed by atoms with van der Waals surface area (Å²) < 4.78 is 11.1. The normalized spacial score (nSPS) is 13.8. The molecule has 1 aliphatic rings. The van der Waals surface area contributed by atoms with Crippen LogP contribution in [0.4, 0.5) is 0 Å². The molecule has 2 aromatic rings.